The molecule has 0 spiro atoms. The summed E-state index contributed by atoms with van der Waals surface area (Å²) < 4.78 is 37.9. The highest BCUT2D eigenvalue weighted by atomic mass is 19.2. The Bertz CT molecular complexity index is 307. The van der Waals surface area contributed by atoms with Gasteiger partial charge >= 0.3 is 0 Å². The Labute approximate surface area is 79.2 Å². The summed E-state index contributed by atoms with van der Waals surface area (Å²) in [4.78, 5) is 0. The van der Waals surface area contributed by atoms with Crippen LogP contribution in [-0.4, -0.2) is 11.7 Å². The van der Waals surface area contributed by atoms with Crippen LogP contribution in [-0.2, 0) is 0 Å². The third-order valence-corrected chi connectivity index (χ3v) is 1.83. The Morgan fingerprint density at radius 2 is 1.71 bits per heavy atom. The quantitative estimate of drug-likeness (QED) is 0.734. The van der Waals surface area contributed by atoms with Crippen molar-refractivity contribution in [2.45, 2.75) is 12.5 Å². The van der Waals surface area contributed by atoms with Crippen molar-refractivity contribution in [3.8, 4) is 0 Å². The third kappa shape index (κ3) is 2.24. The maximum absolute atomic E-state index is 12.7. The van der Waals surface area contributed by atoms with Crippen LogP contribution in [0.1, 0.15) is 18.1 Å². The zero-order chi connectivity index (χ0) is 10.7. The Morgan fingerprint density at radius 1 is 1.21 bits per heavy atom. The molecule has 0 radical (unpaired) electrons. The van der Waals surface area contributed by atoms with Crippen LogP contribution in [0.2, 0.25) is 0 Å². The summed E-state index contributed by atoms with van der Waals surface area (Å²) in [7, 11) is 0. The lowest BCUT2D eigenvalue weighted by Crippen LogP contribution is -2.08. The molecule has 0 aliphatic heterocycles. The van der Waals surface area contributed by atoms with Crippen molar-refractivity contribution in [2.24, 2.45) is 5.73 Å². The molecule has 2 nitrogen and oxygen atoms in total. The Balaban J connectivity index is 3.00. The van der Waals surface area contributed by atoms with E-state index >= 15 is 0 Å². The molecule has 78 valence electrons. The zero-order valence-electron chi connectivity index (χ0n) is 7.30. The summed E-state index contributed by atoms with van der Waals surface area (Å²) in [5.41, 5.74) is 5.14. The SMILES string of the molecule is NCC[C@H](O)c1cc(F)c(F)c(F)c1. The normalized spacial score (nSPS) is 12.9. The van der Waals surface area contributed by atoms with Crippen LogP contribution in [0, 0.1) is 17.5 Å². The molecule has 0 aliphatic rings. The molecule has 0 bridgehead atoms. The monoisotopic (exact) mass is 205 g/mol. The maximum Gasteiger partial charge on any atom is 0.194 e. The molecule has 0 heterocycles. The van der Waals surface area contributed by atoms with Gasteiger partial charge in [0.2, 0.25) is 0 Å². The van der Waals surface area contributed by atoms with Gasteiger partial charge in [-0.25, -0.2) is 13.2 Å². The summed E-state index contributed by atoms with van der Waals surface area (Å²) in [5.74, 6) is -4.15. The number of aliphatic hydroxyl groups is 1. The van der Waals surface area contributed by atoms with Gasteiger partial charge in [-0.1, -0.05) is 0 Å². The minimum absolute atomic E-state index is 0.00755. The van der Waals surface area contributed by atoms with E-state index in [1.807, 2.05) is 0 Å². The Hall–Kier alpha value is -1.07. The molecule has 0 saturated carbocycles. The number of hydrogen-bond acceptors (Lipinski definition) is 2. The van der Waals surface area contributed by atoms with Crippen molar-refractivity contribution in [1.82, 2.24) is 0 Å². The first kappa shape index (κ1) is 11.0. The van der Waals surface area contributed by atoms with Crippen LogP contribution >= 0.6 is 0 Å². The minimum Gasteiger partial charge on any atom is -0.388 e. The van der Waals surface area contributed by atoms with E-state index in [1.165, 1.54) is 0 Å². The lowest BCUT2D eigenvalue weighted by molar-refractivity contribution is 0.169. The molecule has 5 heteroatoms. The fraction of sp³-hybridized carbons (Fsp3) is 0.333. The molecule has 1 aromatic rings. The summed E-state index contributed by atoms with van der Waals surface area (Å²) in [6, 6.07) is 1.53. The van der Waals surface area contributed by atoms with Crippen LogP contribution in [0.25, 0.3) is 0 Å². The molecule has 1 aromatic carbocycles. The topological polar surface area (TPSA) is 46.2 Å². The third-order valence-electron chi connectivity index (χ3n) is 1.83. The highest BCUT2D eigenvalue weighted by Gasteiger charge is 2.14. The van der Waals surface area contributed by atoms with Crippen LogP contribution in [0.15, 0.2) is 12.1 Å². The first-order valence-electron chi connectivity index (χ1n) is 4.09. The van der Waals surface area contributed by atoms with Gasteiger partial charge in [-0.2, -0.15) is 0 Å². The van der Waals surface area contributed by atoms with Gasteiger partial charge in [0, 0.05) is 0 Å². The molecule has 0 unspecified atom stereocenters. The Morgan fingerprint density at radius 3 is 2.14 bits per heavy atom. The van der Waals surface area contributed by atoms with Crippen molar-refractivity contribution < 1.29 is 18.3 Å². The van der Waals surface area contributed by atoms with Gasteiger partial charge in [-0.05, 0) is 30.7 Å². The average Bonchev–Trinajstić information content (AvgIpc) is 2.13. The predicted molar refractivity (Wildman–Crippen MR) is 44.9 cm³/mol. The lowest BCUT2D eigenvalue weighted by Gasteiger charge is -2.09. The van der Waals surface area contributed by atoms with Crippen molar-refractivity contribution >= 4 is 0 Å². The number of hydrogen-bond donors (Lipinski definition) is 2. The van der Waals surface area contributed by atoms with E-state index in [4.69, 9.17) is 5.73 Å². The van der Waals surface area contributed by atoms with E-state index in [0.29, 0.717) is 0 Å². The van der Waals surface area contributed by atoms with Gasteiger partial charge in [0.15, 0.2) is 17.5 Å². The number of aliphatic hydroxyl groups excluding tert-OH is 1. The molecule has 0 fully saturated rings. The maximum atomic E-state index is 12.7. The molecular formula is C9H10F3NO. The van der Waals surface area contributed by atoms with Gasteiger partial charge in [-0.3, -0.25) is 0 Å². The van der Waals surface area contributed by atoms with E-state index in [-0.39, 0.29) is 18.5 Å². The molecule has 0 aliphatic carbocycles. The van der Waals surface area contributed by atoms with Crippen molar-refractivity contribution in [2.75, 3.05) is 6.54 Å². The average molecular weight is 205 g/mol. The summed E-state index contributed by atoms with van der Waals surface area (Å²) >= 11 is 0. The Kier molecular flexibility index (Phi) is 3.49. The smallest absolute Gasteiger partial charge is 0.194 e. The fourth-order valence-corrected chi connectivity index (χ4v) is 1.09. The molecule has 1 atom stereocenters. The molecule has 14 heavy (non-hydrogen) atoms. The molecule has 1 rings (SSSR count). The molecule has 0 aromatic heterocycles. The number of nitrogens with two attached hydrogens (primary N) is 1. The van der Waals surface area contributed by atoms with E-state index in [9.17, 15) is 18.3 Å². The summed E-state index contributed by atoms with van der Waals surface area (Å²) in [6.45, 7) is 0.182. The summed E-state index contributed by atoms with van der Waals surface area (Å²) in [5, 5.41) is 9.32. The molecule has 0 saturated heterocycles. The van der Waals surface area contributed by atoms with Gasteiger partial charge in [0.05, 0.1) is 6.10 Å². The lowest BCUT2D eigenvalue weighted by atomic mass is 10.1. The van der Waals surface area contributed by atoms with Gasteiger partial charge in [0.25, 0.3) is 0 Å². The standard InChI is InChI=1S/C9H10F3NO/c10-6-3-5(8(14)1-2-13)4-7(11)9(6)12/h3-4,8,14H,1-2,13H2/t8-/m0/s1. The predicted octanol–water partition coefficient (Wildman–Crippen LogP) is 1.49. The van der Waals surface area contributed by atoms with Crippen molar-refractivity contribution in [3.05, 3.63) is 35.1 Å². The molecule has 0 amide bonds. The second kappa shape index (κ2) is 4.43. The fourth-order valence-electron chi connectivity index (χ4n) is 1.09. The first-order valence-corrected chi connectivity index (χ1v) is 4.09. The first-order chi connectivity index (χ1) is 6.56. The second-order valence-electron chi connectivity index (χ2n) is 2.89. The van der Waals surface area contributed by atoms with Gasteiger partial charge < -0.3 is 10.8 Å². The van der Waals surface area contributed by atoms with Crippen LogP contribution in [0.4, 0.5) is 13.2 Å². The van der Waals surface area contributed by atoms with Crippen LogP contribution < -0.4 is 5.73 Å². The van der Waals surface area contributed by atoms with Crippen molar-refractivity contribution in [3.63, 3.8) is 0 Å². The van der Waals surface area contributed by atoms with E-state index in [0.717, 1.165) is 12.1 Å². The number of benzene rings is 1. The van der Waals surface area contributed by atoms with Crippen LogP contribution in [0.5, 0.6) is 0 Å². The van der Waals surface area contributed by atoms with Crippen molar-refractivity contribution in [1.29, 1.82) is 0 Å². The molecule has 3 N–H and O–H groups in total. The largest absolute Gasteiger partial charge is 0.388 e. The molecular weight excluding hydrogens is 195 g/mol. The summed E-state index contributed by atoms with van der Waals surface area (Å²) in [6.07, 6.45) is -0.894. The number of rotatable bonds is 3. The highest BCUT2D eigenvalue weighted by Crippen LogP contribution is 2.20. The van der Waals surface area contributed by atoms with Crippen LogP contribution in [0.3, 0.4) is 0 Å². The van der Waals surface area contributed by atoms with E-state index < -0.39 is 23.6 Å². The second-order valence-corrected chi connectivity index (χ2v) is 2.89. The van der Waals surface area contributed by atoms with E-state index in [1.54, 1.807) is 0 Å². The zero-order valence-corrected chi connectivity index (χ0v) is 7.30. The number of halogens is 3. The van der Waals surface area contributed by atoms with Gasteiger partial charge in [0.1, 0.15) is 0 Å². The minimum atomic E-state index is -1.53. The highest BCUT2D eigenvalue weighted by molar-refractivity contribution is 5.21. The van der Waals surface area contributed by atoms with E-state index in [2.05, 4.69) is 0 Å². The van der Waals surface area contributed by atoms with Gasteiger partial charge in [-0.15, -0.1) is 0 Å².